The molecule has 2 aromatic heterocycles. The second-order valence-electron chi connectivity index (χ2n) is 6.38. The topological polar surface area (TPSA) is 67.2 Å². The summed E-state index contributed by atoms with van der Waals surface area (Å²) >= 11 is 5.99. The van der Waals surface area contributed by atoms with Gasteiger partial charge in [0.1, 0.15) is 5.82 Å². The third-order valence-corrected chi connectivity index (χ3v) is 4.91. The number of anilines is 1. The van der Waals surface area contributed by atoms with E-state index in [9.17, 15) is 4.79 Å². The molecule has 0 saturated carbocycles. The number of hydrogen-bond acceptors (Lipinski definition) is 5. The van der Waals surface area contributed by atoms with Gasteiger partial charge in [0.2, 0.25) is 0 Å². The number of nitrogens with zero attached hydrogens (tertiary/aromatic N) is 6. The maximum Gasteiger partial charge on any atom is 0.254 e. The lowest BCUT2D eigenvalue weighted by Crippen LogP contribution is -2.49. The number of amides is 1. The molecule has 1 saturated heterocycles. The summed E-state index contributed by atoms with van der Waals surface area (Å²) < 4.78 is 1.89. The van der Waals surface area contributed by atoms with Crippen LogP contribution in [0.5, 0.6) is 0 Å². The third-order valence-electron chi connectivity index (χ3n) is 4.67. The molecule has 3 heterocycles. The van der Waals surface area contributed by atoms with Gasteiger partial charge in [0.05, 0.1) is 0 Å². The first kappa shape index (κ1) is 17.5. The van der Waals surface area contributed by atoms with E-state index in [4.69, 9.17) is 11.6 Å². The Balaban J connectivity index is 1.40. The highest BCUT2D eigenvalue weighted by Gasteiger charge is 2.23. The zero-order valence-electron chi connectivity index (χ0n) is 14.9. The van der Waals surface area contributed by atoms with Crippen molar-refractivity contribution in [2.75, 3.05) is 31.1 Å². The van der Waals surface area contributed by atoms with Crippen molar-refractivity contribution in [3.8, 4) is 5.82 Å². The number of hydrogen-bond donors (Lipinski definition) is 0. The largest absolute Gasteiger partial charge is 0.352 e. The maximum absolute atomic E-state index is 12.6. The second kappa shape index (κ2) is 7.36. The van der Waals surface area contributed by atoms with Crippen LogP contribution >= 0.6 is 11.6 Å². The molecule has 3 aromatic rings. The Morgan fingerprint density at radius 2 is 1.78 bits per heavy atom. The molecule has 1 aliphatic heterocycles. The quantitative estimate of drug-likeness (QED) is 0.696. The van der Waals surface area contributed by atoms with Gasteiger partial charge in [0, 0.05) is 49.2 Å². The number of halogens is 1. The first-order valence-corrected chi connectivity index (χ1v) is 9.13. The Morgan fingerprint density at radius 1 is 1.04 bits per heavy atom. The normalized spacial score (nSPS) is 14.4. The molecular weight excluding hydrogens is 364 g/mol. The van der Waals surface area contributed by atoms with E-state index in [-0.39, 0.29) is 5.91 Å². The van der Waals surface area contributed by atoms with Gasteiger partial charge in [-0.2, -0.15) is 0 Å². The van der Waals surface area contributed by atoms with Crippen LogP contribution in [0.1, 0.15) is 16.2 Å². The van der Waals surface area contributed by atoms with Crippen molar-refractivity contribution >= 4 is 23.3 Å². The molecule has 0 N–H and O–H groups in total. The van der Waals surface area contributed by atoms with Crippen LogP contribution in [0.2, 0.25) is 5.02 Å². The van der Waals surface area contributed by atoms with Gasteiger partial charge in [0.15, 0.2) is 11.6 Å². The lowest BCUT2D eigenvalue weighted by Gasteiger charge is -2.35. The van der Waals surface area contributed by atoms with Gasteiger partial charge in [-0.1, -0.05) is 17.7 Å². The minimum absolute atomic E-state index is 0.00849. The number of imidazole rings is 1. The van der Waals surface area contributed by atoms with Crippen LogP contribution in [-0.2, 0) is 0 Å². The molecule has 7 nitrogen and oxygen atoms in total. The number of benzene rings is 1. The Kier molecular flexibility index (Phi) is 4.77. The van der Waals surface area contributed by atoms with E-state index in [2.05, 4.69) is 20.1 Å². The highest BCUT2D eigenvalue weighted by molar-refractivity contribution is 6.30. The van der Waals surface area contributed by atoms with Crippen molar-refractivity contribution in [3.05, 3.63) is 65.2 Å². The Bertz CT molecular complexity index is 947. The lowest BCUT2D eigenvalue weighted by atomic mass is 10.2. The van der Waals surface area contributed by atoms with Crippen molar-refractivity contribution in [1.82, 2.24) is 24.6 Å². The molecule has 0 aliphatic carbocycles. The fourth-order valence-electron chi connectivity index (χ4n) is 3.18. The molecule has 0 bridgehead atoms. The minimum atomic E-state index is 0.00849. The predicted molar refractivity (Wildman–Crippen MR) is 103 cm³/mol. The molecule has 1 fully saturated rings. The Hall–Kier alpha value is -2.93. The summed E-state index contributed by atoms with van der Waals surface area (Å²) in [5, 5.41) is 9.22. The van der Waals surface area contributed by atoms with Gasteiger partial charge >= 0.3 is 0 Å². The zero-order chi connectivity index (χ0) is 18.8. The summed E-state index contributed by atoms with van der Waals surface area (Å²) in [5.74, 6) is 2.43. The molecule has 0 unspecified atom stereocenters. The van der Waals surface area contributed by atoms with E-state index in [1.807, 2.05) is 34.7 Å². The molecule has 0 radical (unpaired) electrons. The number of aromatic nitrogens is 4. The van der Waals surface area contributed by atoms with Crippen molar-refractivity contribution < 1.29 is 4.79 Å². The van der Waals surface area contributed by atoms with E-state index in [0.29, 0.717) is 36.8 Å². The van der Waals surface area contributed by atoms with E-state index in [1.165, 1.54) is 0 Å². The van der Waals surface area contributed by atoms with E-state index in [1.54, 1.807) is 30.5 Å². The summed E-state index contributed by atoms with van der Waals surface area (Å²) in [4.78, 5) is 20.8. The summed E-state index contributed by atoms with van der Waals surface area (Å²) in [6.07, 6.45) is 3.60. The SMILES string of the molecule is Cc1nccn1-c1ccc(N2CCN(C(=O)c3cccc(Cl)c3)CC2)nn1. The van der Waals surface area contributed by atoms with Gasteiger partial charge < -0.3 is 9.80 Å². The highest BCUT2D eigenvalue weighted by Crippen LogP contribution is 2.17. The van der Waals surface area contributed by atoms with Crippen LogP contribution in [0.4, 0.5) is 5.82 Å². The van der Waals surface area contributed by atoms with Crippen molar-refractivity contribution in [3.63, 3.8) is 0 Å². The molecule has 0 spiro atoms. The Labute approximate surface area is 162 Å². The van der Waals surface area contributed by atoms with E-state index >= 15 is 0 Å². The van der Waals surface area contributed by atoms with Gasteiger partial charge in [-0.25, -0.2) is 4.98 Å². The number of carbonyl (C=O) groups is 1. The second-order valence-corrected chi connectivity index (χ2v) is 6.82. The van der Waals surface area contributed by atoms with Gasteiger partial charge in [-0.15, -0.1) is 10.2 Å². The lowest BCUT2D eigenvalue weighted by molar-refractivity contribution is 0.0746. The van der Waals surface area contributed by atoms with Gasteiger partial charge in [-0.05, 0) is 37.3 Å². The van der Waals surface area contributed by atoms with Crippen LogP contribution in [-0.4, -0.2) is 56.7 Å². The third kappa shape index (κ3) is 3.64. The summed E-state index contributed by atoms with van der Waals surface area (Å²) in [6.45, 7) is 4.62. The molecular formula is C19H19ClN6O. The summed E-state index contributed by atoms with van der Waals surface area (Å²) in [5.41, 5.74) is 0.621. The molecule has 1 amide bonds. The van der Waals surface area contributed by atoms with Crippen LogP contribution in [0.3, 0.4) is 0 Å². The molecule has 0 atom stereocenters. The first-order valence-electron chi connectivity index (χ1n) is 8.76. The van der Waals surface area contributed by atoms with Crippen LogP contribution in [0.15, 0.2) is 48.8 Å². The number of aryl methyl sites for hydroxylation is 1. The molecule has 1 aromatic carbocycles. The average molecular weight is 383 g/mol. The number of carbonyl (C=O) groups excluding carboxylic acids is 1. The van der Waals surface area contributed by atoms with Crippen molar-refractivity contribution in [2.24, 2.45) is 0 Å². The highest BCUT2D eigenvalue weighted by atomic mass is 35.5. The summed E-state index contributed by atoms with van der Waals surface area (Å²) in [7, 11) is 0. The molecule has 1 aliphatic rings. The maximum atomic E-state index is 12.6. The fourth-order valence-corrected chi connectivity index (χ4v) is 3.37. The monoisotopic (exact) mass is 382 g/mol. The Morgan fingerprint density at radius 3 is 2.41 bits per heavy atom. The van der Waals surface area contributed by atoms with Crippen molar-refractivity contribution in [2.45, 2.75) is 6.92 Å². The zero-order valence-corrected chi connectivity index (χ0v) is 15.7. The minimum Gasteiger partial charge on any atom is -0.352 e. The van der Waals surface area contributed by atoms with E-state index < -0.39 is 0 Å². The van der Waals surface area contributed by atoms with Crippen LogP contribution in [0, 0.1) is 6.92 Å². The predicted octanol–water partition coefficient (Wildman–Crippen LogP) is 2.59. The number of piperazine rings is 1. The van der Waals surface area contributed by atoms with Gasteiger partial charge in [0.25, 0.3) is 5.91 Å². The van der Waals surface area contributed by atoms with Crippen molar-refractivity contribution in [1.29, 1.82) is 0 Å². The standard InChI is InChI=1S/C19H19ClN6O/c1-14-21-7-8-26(14)18-6-5-17(22-23-18)24-9-11-25(12-10-24)19(27)15-3-2-4-16(20)13-15/h2-8,13H,9-12H2,1H3. The van der Waals surface area contributed by atoms with Crippen LogP contribution < -0.4 is 4.90 Å². The molecule has 138 valence electrons. The number of rotatable bonds is 3. The smallest absolute Gasteiger partial charge is 0.254 e. The van der Waals surface area contributed by atoms with Gasteiger partial charge in [-0.3, -0.25) is 9.36 Å². The van der Waals surface area contributed by atoms with Crippen LogP contribution in [0.25, 0.3) is 5.82 Å². The average Bonchev–Trinajstić information content (AvgIpc) is 3.14. The van der Waals surface area contributed by atoms with E-state index in [0.717, 1.165) is 17.5 Å². The summed E-state index contributed by atoms with van der Waals surface area (Å²) in [6, 6.07) is 11.0. The molecule has 27 heavy (non-hydrogen) atoms. The first-order chi connectivity index (χ1) is 13.1. The molecule has 4 rings (SSSR count). The molecule has 8 heteroatoms. The fraction of sp³-hybridized carbons (Fsp3) is 0.263.